The summed E-state index contributed by atoms with van der Waals surface area (Å²) in [7, 11) is 0. The molecule has 0 radical (unpaired) electrons. The van der Waals surface area contributed by atoms with E-state index < -0.39 is 0 Å². The third-order valence-corrected chi connectivity index (χ3v) is 10.1. The van der Waals surface area contributed by atoms with E-state index in [9.17, 15) is 0 Å². The Balaban J connectivity index is 1.24. The van der Waals surface area contributed by atoms with Gasteiger partial charge in [0.15, 0.2) is 5.58 Å². The van der Waals surface area contributed by atoms with Gasteiger partial charge < -0.3 is 8.98 Å². The van der Waals surface area contributed by atoms with Crippen LogP contribution in [0.3, 0.4) is 0 Å². The molecule has 0 spiro atoms. The molecular formula is C40H23NOS. The van der Waals surface area contributed by atoms with Crippen molar-refractivity contribution < 1.29 is 4.42 Å². The number of para-hydroxylation sites is 1. The summed E-state index contributed by atoms with van der Waals surface area (Å²) in [6.07, 6.45) is 0. The lowest BCUT2D eigenvalue weighted by Crippen LogP contribution is -1.94. The van der Waals surface area contributed by atoms with Crippen molar-refractivity contribution >= 4 is 86.0 Å². The van der Waals surface area contributed by atoms with Gasteiger partial charge in [-0.3, -0.25) is 0 Å². The van der Waals surface area contributed by atoms with Gasteiger partial charge in [-0.15, -0.1) is 11.3 Å². The van der Waals surface area contributed by atoms with Crippen LogP contribution in [0.15, 0.2) is 144 Å². The molecule has 2 nitrogen and oxygen atoms in total. The van der Waals surface area contributed by atoms with Gasteiger partial charge in [0.1, 0.15) is 5.58 Å². The molecule has 3 heterocycles. The van der Waals surface area contributed by atoms with Crippen molar-refractivity contribution in [3.8, 4) is 16.8 Å². The van der Waals surface area contributed by atoms with Crippen LogP contribution in [0.1, 0.15) is 0 Å². The minimum Gasteiger partial charge on any atom is -0.454 e. The number of fused-ring (bicyclic) bond motifs is 12. The first-order valence-corrected chi connectivity index (χ1v) is 15.4. The van der Waals surface area contributed by atoms with E-state index in [4.69, 9.17) is 4.42 Å². The smallest absolute Gasteiger partial charge is 0.160 e. The number of benzene rings is 7. The molecule has 7 aromatic carbocycles. The molecule has 0 amide bonds. The third kappa shape index (κ3) is 3.23. The van der Waals surface area contributed by atoms with Crippen molar-refractivity contribution in [2.75, 3.05) is 0 Å². The van der Waals surface area contributed by atoms with Crippen LogP contribution in [0.4, 0.5) is 0 Å². The van der Waals surface area contributed by atoms with Crippen LogP contribution in [0.2, 0.25) is 0 Å². The largest absolute Gasteiger partial charge is 0.454 e. The Morgan fingerprint density at radius 2 is 1.21 bits per heavy atom. The van der Waals surface area contributed by atoms with Gasteiger partial charge in [0.05, 0.1) is 11.0 Å². The Morgan fingerprint density at radius 1 is 0.488 bits per heavy atom. The van der Waals surface area contributed by atoms with Gasteiger partial charge in [0.25, 0.3) is 0 Å². The highest BCUT2D eigenvalue weighted by Gasteiger charge is 2.20. The molecule has 0 N–H and O–H groups in total. The normalized spacial score (nSPS) is 12.2. The molecule has 3 heteroatoms. The topological polar surface area (TPSA) is 18.1 Å². The molecule has 0 fully saturated rings. The minimum absolute atomic E-state index is 0.915. The number of aromatic nitrogens is 1. The summed E-state index contributed by atoms with van der Waals surface area (Å²) < 4.78 is 11.7. The molecule has 0 atom stereocenters. The Hall–Kier alpha value is -5.38. The van der Waals surface area contributed by atoms with E-state index in [1.54, 1.807) is 0 Å². The van der Waals surface area contributed by atoms with E-state index in [1.807, 2.05) is 17.4 Å². The molecule has 0 bridgehead atoms. The fourth-order valence-corrected chi connectivity index (χ4v) is 8.11. The molecule has 0 aliphatic rings. The summed E-state index contributed by atoms with van der Waals surface area (Å²) in [5.74, 6) is 0. The quantitative estimate of drug-likeness (QED) is 0.204. The number of furan rings is 1. The maximum Gasteiger partial charge on any atom is 0.160 e. The molecule has 0 saturated heterocycles. The second-order valence-electron chi connectivity index (χ2n) is 11.3. The van der Waals surface area contributed by atoms with Gasteiger partial charge in [0.2, 0.25) is 0 Å². The summed E-state index contributed by atoms with van der Waals surface area (Å²) in [5, 5.41) is 9.90. The van der Waals surface area contributed by atoms with Gasteiger partial charge in [0, 0.05) is 47.4 Å². The van der Waals surface area contributed by atoms with Gasteiger partial charge >= 0.3 is 0 Å². The lowest BCUT2D eigenvalue weighted by molar-refractivity contribution is 0.671. The molecule has 10 rings (SSSR count). The highest BCUT2D eigenvalue weighted by molar-refractivity contribution is 7.25. The highest BCUT2D eigenvalue weighted by Crippen LogP contribution is 2.43. The zero-order chi connectivity index (χ0) is 28.1. The predicted octanol–water partition coefficient (Wildman–Crippen LogP) is 11.9. The maximum atomic E-state index is 6.61. The number of hydrogen-bond acceptors (Lipinski definition) is 2. The van der Waals surface area contributed by atoms with Crippen LogP contribution in [0.5, 0.6) is 0 Å². The minimum atomic E-state index is 0.915. The maximum absolute atomic E-state index is 6.61. The van der Waals surface area contributed by atoms with Gasteiger partial charge in [-0.1, -0.05) is 91.0 Å². The molecule has 43 heavy (non-hydrogen) atoms. The first kappa shape index (κ1) is 23.2. The standard InChI is InChI=1S/C40H23NOS/c1-2-8-28-25(7-1)15-21-34-38(28)32-20-19-31-29-9-3-5-11-35(29)42-40(31)39(32)41(34)27-17-13-24(14-18-27)26-16-22-37-33(23-26)30-10-4-6-12-36(30)43-37/h1-23H. The van der Waals surface area contributed by atoms with Gasteiger partial charge in [-0.2, -0.15) is 0 Å². The summed E-state index contributed by atoms with van der Waals surface area (Å²) in [4.78, 5) is 0. The zero-order valence-electron chi connectivity index (χ0n) is 23.0. The number of nitrogens with zero attached hydrogens (tertiary/aromatic N) is 1. The Labute approximate surface area is 250 Å². The van der Waals surface area contributed by atoms with E-state index in [0.717, 1.165) is 33.1 Å². The van der Waals surface area contributed by atoms with Crippen molar-refractivity contribution in [1.29, 1.82) is 0 Å². The van der Waals surface area contributed by atoms with Crippen molar-refractivity contribution in [3.63, 3.8) is 0 Å². The van der Waals surface area contributed by atoms with E-state index >= 15 is 0 Å². The number of hydrogen-bond donors (Lipinski definition) is 0. The van der Waals surface area contributed by atoms with Crippen LogP contribution < -0.4 is 0 Å². The Bertz CT molecular complexity index is 2720. The van der Waals surface area contributed by atoms with Crippen LogP contribution in [0.25, 0.3) is 91.5 Å². The molecule has 200 valence electrons. The molecule has 0 aliphatic heterocycles. The lowest BCUT2D eigenvalue weighted by Gasteiger charge is -2.10. The number of thiophene rings is 1. The average Bonchev–Trinajstić information content (AvgIpc) is 3.74. The molecule has 3 aromatic heterocycles. The van der Waals surface area contributed by atoms with Crippen LogP contribution >= 0.6 is 11.3 Å². The van der Waals surface area contributed by atoms with Gasteiger partial charge in [-0.25, -0.2) is 0 Å². The Kier molecular flexibility index (Phi) is 4.63. The van der Waals surface area contributed by atoms with Crippen LogP contribution in [-0.4, -0.2) is 4.57 Å². The first-order valence-electron chi connectivity index (χ1n) is 14.6. The Morgan fingerprint density at radius 3 is 2.12 bits per heavy atom. The van der Waals surface area contributed by atoms with E-state index in [0.29, 0.717) is 0 Å². The molecule has 10 aromatic rings. The average molecular weight is 566 g/mol. The van der Waals surface area contributed by atoms with E-state index in [2.05, 4.69) is 138 Å². The summed E-state index contributed by atoms with van der Waals surface area (Å²) >= 11 is 1.86. The van der Waals surface area contributed by atoms with Gasteiger partial charge in [-0.05, 0) is 70.4 Å². The van der Waals surface area contributed by atoms with Crippen molar-refractivity contribution in [2.24, 2.45) is 0 Å². The highest BCUT2D eigenvalue weighted by atomic mass is 32.1. The second-order valence-corrected chi connectivity index (χ2v) is 12.4. The lowest BCUT2D eigenvalue weighted by atomic mass is 10.0. The summed E-state index contributed by atoms with van der Waals surface area (Å²) in [6.45, 7) is 0. The molecule has 0 unspecified atom stereocenters. The zero-order valence-corrected chi connectivity index (χ0v) is 23.9. The van der Waals surface area contributed by atoms with E-state index in [-0.39, 0.29) is 0 Å². The van der Waals surface area contributed by atoms with Crippen molar-refractivity contribution in [3.05, 3.63) is 140 Å². The monoisotopic (exact) mass is 565 g/mol. The number of rotatable bonds is 2. The molecule has 0 saturated carbocycles. The molecule has 0 aliphatic carbocycles. The van der Waals surface area contributed by atoms with Crippen molar-refractivity contribution in [1.82, 2.24) is 4.57 Å². The fourth-order valence-electron chi connectivity index (χ4n) is 7.03. The molecular weight excluding hydrogens is 543 g/mol. The fraction of sp³-hybridized carbons (Fsp3) is 0. The summed E-state index contributed by atoms with van der Waals surface area (Å²) in [5.41, 5.74) is 7.70. The van der Waals surface area contributed by atoms with Crippen LogP contribution in [-0.2, 0) is 0 Å². The van der Waals surface area contributed by atoms with Crippen molar-refractivity contribution in [2.45, 2.75) is 0 Å². The van der Waals surface area contributed by atoms with E-state index in [1.165, 1.54) is 58.4 Å². The predicted molar refractivity (Wildman–Crippen MR) is 184 cm³/mol. The van der Waals surface area contributed by atoms with Crippen LogP contribution in [0, 0.1) is 0 Å². The summed E-state index contributed by atoms with van der Waals surface area (Å²) in [6, 6.07) is 50.5. The second kappa shape index (κ2) is 8.57. The SMILES string of the molecule is c1ccc2c(c1)ccc1c2c2ccc3c4ccccc4oc3c2n1-c1ccc(-c2ccc3sc4ccccc4c3c2)cc1. The third-order valence-electron chi connectivity index (χ3n) is 9.00. The first-order chi connectivity index (χ1) is 21.3.